The predicted molar refractivity (Wildman–Crippen MR) is 112 cm³/mol. The summed E-state index contributed by atoms with van der Waals surface area (Å²) in [6.07, 6.45) is 0. The fourth-order valence-corrected chi connectivity index (χ4v) is 3.63. The number of benzene rings is 3. The van der Waals surface area contributed by atoms with Crippen molar-refractivity contribution in [2.75, 3.05) is 12.4 Å². The molecule has 0 aliphatic rings. The minimum atomic E-state index is -0.259. The summed E-state index contributed by atoms with van der Waals surface area (Å²) in [5, 5.41) is 5.35. The molecule has 1 N–H and O–H groups in total. The van der Waals surface area contributed by atoms with Gasteiger partial charge in [0, 0.05) is 25.4 Å². The SMILES string of the molecule is COc1cc2c(cc1NC(=O)c1cc(Cl)ccc1I)oc1ccccc12. The van der Waals surface area contributed by atoms with Gasteiger partial charge in [-0.2, -0.15) is 0 Å². The van der Waals surface area contributed by atoms with Crippen molar-refractivity contribution in [3.8, 4) is 5.75 Å². The molecule has 0 bridgehead atoms. The summed E-state index contributed by atoms with van der Waals surface area (Å²) in [7, 11) is 1.57. The minimum absolute atomic E-state index is 0.259. The van der Waals surface area contributed by atoms with E-state index in [1.165, 1.54) is 0 Å². The number of hydrogen-bond donors (Lipinski definition) is 1. The van der Waals surface area contributed by atoms with Crippen molar-refractivity contribution in [2.45, 2.75) is 0 Å². The number of anilines is 1. The molecule has 26 heavy (non-hydrogen) atoms. The molecule has 0 unspecified atom stereocenters. The Bertz CT molecular complexity index is 1150. The van der Waals surface area contributed by atoms with Gasteiger partial charge in [0.05, 0.1) is 18.4 Å². The molecule has 0 radical (unpaired) electrons. The number of hydrogen-bond acceptors (Lipinski definition) is 3. The lowest BCUT2D eigenvalue weighted by molar-refractivity contribution is 0.102. The van der Waals surface area contributed by atoms with Gasteiger partial charge in [-0.15, -0.1) is 0 Å². The number of ether oxygens (including phenoxy) is 1. The Kier molecular flexibility index (Phi) is 4.50. The molecule has 6 heteroatoms. The van der Waals surface area contributed by atoms with E-state index in [1.54, 1.807) is 31.4 Å². The smallest absolute Gasteiger partial charge is 0.256 e. The monoisotopic (exact) mass is 477 g/mol. The summed E-state index contributed by atoms with van der Waals surface area (Å²) in [5.74, 6) is 0.306. The molecular weight excluding hydrogens is 465 g/mol. The highest BCUT2D eigenvalue weighted by Crippen LogP contribution is 2.36. The van der Waals surface area contributed by atoms with Gasteiger partial charge < -0.3 is 14.5 Å². The first-order valence-corrected chi connectivity index (χ1v) is 9.28. The molecular formula is C20H13ClINO3. The summed E-state index contributed by atoms with van der Waals surface area (Å²) in [4.78, 5) is 12.7. The summed E-state index contributed by atoms with van der Waals surface area (Å²) < 4.78 is 12.2. The summed E-state index contributed by atoms with van der Waals surface area (Å²) in [5.41, 5.74) is 2.52. The molecule has 4 rings (SSSR count). The predicted octanol–water partition coefficient (Wildman–Crippen LogP) is 6.10. The van der Waals surface area contributed by atoms with Gasteiger partial charge in [-0.25, -0.2) is 0 Å². The van der Waals surface area contributed by atoms with Crippen LogP contribution < -0.4 is 10.1 Å². The molecule has 0 fully saturated rings. The highest BCUT2D eigenvalue weighted by atomic mass is 127. The van der Waals surface area contributed by atoms with E-state index in [-0.39, 0.29) is 5.91 Å². The van der Waals surface area contributed by atoms with Crippen LogP contribution >= 0.6 is 34.2 Å². The fraction of sp³-hybridized carbons (Fsp3) is 0.0500. The highest BCUT2D eigenvalue weighted by molar-refractivity contribution is 14.1. The summed E-state index contributed by atoms with van der Waals surface area (Å²) in [6, 6.07) is 16.6. The number of furan rings is 1. The molecule has 3 aromatic carbocycles. The van der Waals surface area contributed by atoms with E-state index < -0.39 is 0 Å². The van der Waals surface area contributed by atoms with Crippen LogP contribution in [0.4, 0.5) is 5.69 Å². The van der Waals surface area contributed by atoms with E-state index in [1.807, 2.05) is 30.3 Å². The largest absolute Gasteiger partial charge is 0.495 e. The van der Waals surface area contributed by atoms with Crippen molar-refractivity contribution in [2.24, 2.45) is 0 Å². The van der Waals surface area contributed by atoms with Crippen LogP contribution in [0.1, 0.15) is 10.4 Å². The zero-order chi connectivity index (χ0) is 18.3. The van der Waals surface area contributed by atoms with Gasteiger partial charge in [0.25, 0.3) is 5.91 Å². The number of rotatable bonds is 3. The van der Waals surface area contributed by atoms with Crippen LogP contribution in [-0.2, 0) is 0 Å². The number of carbonyl (C=O) groups is 1. The summed E-state index contributed by atoms with van der Waals surface area (Å²) in [6.45, 7) is 0. The third-order valence-electron chi connectivity index (χ3n) is 4.12. The average molecular weight is 478 g/mol. The molecule has 0 aliphatic heterocycles. The van der Waals surface area contributed by atoms with Crippen LogP contribution in [0.15, 0.2) is 59.0 Å². The van der Waals surface area contributed by atoms with Gasteiger partial charge in [-0.3, -0.25) is 4.79 Å². The van der Waals surface area contributed by atoms with E-state index in [9.17, 15) is 4.79 Å². The standard InChI is InChI=1S/C20H13ClINO3/c1-25-19-9-13-12-4-2-3-5-17(12)26-18(13)10-16(19)23-20(24)14-8-11(21)6-7-15(14)22/h2-10H,1H3,(H,23,24). The van der Waals surface area contributed by atoms with E-state index >= 15 is 0 Å². The number of fused-ring (bicyclic) bond motifs is 3. The Morgan fingerprint density at radius 1 is 1.08 bits per heavy atom. The van der Waals surface area contributed by atoms with Gasteiger partial charge in [-0.1, -0.05) is 29.8 Å². The second kappa shape index (κ2) is 6.81. The van der Waals surface area contributed by atoms with Crippen molar-refractivity contribution in [3.05, 3.63) is 68.8 Å². The van der Waals surface area contributed by atoms with Gasteiger partial charge in [0.15, 0.2) is 0 Å². The first-order chi connectivity index (χ1) is 12.6. The Balaban J connectivity index is 1.79. The molecule has 4 aromatic rings. The Morgan fingerprint density at radius 3 is 2.69 bits per heavy atom. The lowest BCUT2D eigenvalue weighted by Crippen LogP contribution is -2.14. The second-order valence-corrected chi connectivity index (χ2v) is 7.32. The number of para-hydroxylation sites is 1. The Morgan fingerprint density at radius 2 is 1.88 bits per heavy atom. The highest BCUT2D eigenvalue weighted by Gasteiger charge is 2.16. The molecule has 4 nitrogen and oxygen atoms in total. The number of nitrogens with one attached hydrogen (secondary N) is 1. The van der Waals surface area contributed by atoms with E-state index in [0.717, 1.165) is 19.9 Å². The number of halogens is 2. The molecule has 0 saturated heterocycles. The zero-order valence-corrected chi connectivity index (χ0v) is 16.6. The van der Waals surface area contributed by atoms with Crippen molar-refractivity contribution < 1.29 is 13.9 Å². The Labute approximate surface area is 168 Å². The van der Waals surface area contributed by atoms with Crippen LogP contribution in [0.2, 0.25) is 5.02 Å². The normalized spacial score (nSPS) is 11.0. The van der Waals surface area contributed by atoms with E-state index in [0.29, 0.717) is 27.6 Å². The molecule has 0 atom stereocenters. The zero-order valence-electron chi connectivity index (χ0n) is 13.7. The van der Waals surface area contributed by atoms with Gasteiger partial charge in [0.2, 0.25) is 0 Å². The van der Waals surface area contributed by atoms with Gasteiger partial charge >= 0.3 is 0 Å². The van der Waals surface area contributed by atoms with Crippen LogP contribution in [0.5, 0.6) is 5.75 Å². The fourth-order valence-electron chi connectivity index (χ4n) is 2.88. The molecule has 0 aliphatic carbocycles. The van der Waals surface area contributed by atoms with Crippen LogP contribution in [-0.4, -0.2) is 13.0 Å². The lowest BCUT2D eigenvalue weighted by atomic mass is 10.1. The lowest BCUT2D eigenvalue weighted by Gasteiger charge is -2.11. The van der Waals surface area contributed by atoms with Crippen molar-refractivity contribution in [1.29, 1.82) is 0 Å². The molecule has 0 saturated carbocycles. The molecule has 1 amide bonds. The maximum absolute atomic E-state index is 12.7. The molecule has 0 spiro atoms. The van der Waals surface area contributed by atoms with E-state index in [4.69, 9.17) is 20.8 Å². The number of amides is 1. The van der Waals surface area contributed by atoms with Crippen LogP contribution in [0.3, 0.4) is 0 Å². The number of methoxy groups -OCH3 is 1. The maximum Gasteiger partial charge on any atom is 0.256 e. The molecule has 1 aromatic heterocycles. The van der Waals surface area contributed by atoms with Crippen molar-refractivity contribution >= 4 is 67.7 Å². The van der Waals surface area contributed by atoms with E-state index in [2.05, 4.69) is 27.9 Å². The molecule has 1 heterocycles. The topological polar surface area (TPSA) is 51.5 Å². The van der Waals surface area contributed by atoms with Crippen LogP contribution in [0.25, 0.3) is 21.9 Å². The molecule has 130 valence electrons. The third kappa shape index (κ3) is 3.01. The summed E-state index contributed by atoms with van der Waals surface area (Å²) >= 11 is 8.13. The van der Waals surface area contributed by atoms with Gasteiger partial charge in [0.1, 0.15) is 16.9 Å². The maximum atomic E-state index is 12.7. The first-order valence-electron chi connectivity index (χ1n) is 7.82. The third-order valence-corrected chi connectivity index (χ3v) is 5.30. The Hall–Kier alpha value is -2.25. The quantitative estimate of drug-likeness (QED) is 0.363. The number of carbonyl (C=O) groups excluding carboxylic acids is 1. The van der Waals surface area contributed by atoms with Crippen LogP contribution in [0, 0.1) is 3.57 Å². The average Bonchev–Trinajstić information content (AvgIpc) is 3.00. The van der Waals surface area contributed by atoms with Gasteiger partial charge in [-0.05, 0) is 52.9 Å². The second-order valence-electron chi connectivity index (χ2n) is 5.73. The first kappa shape index (κ1) is 17.2. The van der Waals surface area contributed by atoms with Crippen molar-refractivity contribution in [3.63, 3.8) is 0 Å². The minimum Gasteiger partial charge on any atom is -0.495 e. The van der Waals surface area contributed by atoms with Crippen molar-refractivity contribution in [1.82, 2.24) is 0 Å².